The molecular formula is C12H11ClN2O2. The number of carbonyl (C=O) groups is 1. The molecule has 0 saturated carbocycles. The van der Waals surface area contributed by atoms with Gasteiger partial charge in [-0.1, -0.05) is 30.3 Å². The molecule has 1 heterocycles. The van der Waals surface area contributed by atoms with E-state index in [0.29, 0.717) is 5.69 Å². The molecule has 0 saturated heterocycles. The first-order chi connectivity index (χ1) is 8.16. The Morgan fingerprint density at radius 1 is 1.41 bits per heavy atom. The molecule has 1 atom stereocenters. The van der Waals surface area contributed by atoms with Gasteiger partial charge in [0.15, 0.2) is 0 Å². The highest BCUT2D eigenvalue weighted by molar-refractivity contribution is 6.32. The Kier molecular flexibility index (Phi) is 3.44. The zero-order chi connectivity index (χ0) is 12.3. The molecule has 1 amide bonds. The van der Waals surface area contributed by atoms with Crippen molar-refractivity contribution in [1.82, 2.24) is 4.98 Å². The van der Waals surface area contributed by atoms with Crippen molar-refractivity contribution in [3.05, 3.63) is 47.9 Å². The van der Waals surface area contributed by atoms with Crippen molar-refractivity contribution < 1.29 is 9.21 Å². The van der Waals surface area contributed by atoms with Crippen LogP contribution in [-0.4, -0.2) is 10.9 Å². The number of hydrogen-bond donors (Lipinski definition) is 1. The molecule has 0 radical (unpaired) electrons. The third-order valence-corrected chi connectivity index (χ3v) is 2.62. The predicted octanol–water partition coefficient (Wildman–Crippen LogP) is 2.90. The van der Waals surface area contributed by atoms with Crippen molar-refractivity contribution in [3.63, 3.8) is 0 Å². The van der Waals surface area contributed by atoms with E-state index in [1.807, 2.05) is 18.2 Å². The highest BCUT2D eigenvalue weighted by Gasteiger charge is 2.18. The van der Waals surface area contributed by atoms with Crippen LogP contribution in [0.5, 0.6) is 0 Å². The van der Waals surface area contributed by atoms with Gasteiger partial charge in [-0.3, -0.25) is 10.1 Å². The molecule has 88 valence electrons. The van der Waals surface area contributed by atoms with Gasteiger partial charge in [0.1, 0.15) is 11.6 Å². The van der Waals surface area contributed by atoms with Gasteiger partial charge in [0.05, 0.1) is 5.69 Å². The summed E-state index contributed by atoms with van der Waals surface area (Å²) in [7, 11) is 0. The topological polar surface area (TPSA) is 55.1 Å². The fourth-order valence-corrected chi connectivity index (χ4v) is 1.55. The third kappa shape index (κ3) is 2.85. The van der Waals surface area contributed by atoms with Gasteiger partial charge in [0.2, 0.25) is 0 Å². The number of nitrogens with zero attached hydrogens (tertiary/aromatic N) is 1. The van der Waals surface area contributed by atoms with Gasteiger partial charge >= 0.3 is 6.01 Å². The van der Waals surface area contributed by atoms with Crippen molar-refractivity contribution in [3.8, 4) is 0 Å². The first-order valence-electron chi connectivity index (χ1n) is 5.09. The normalized spacial score (nSPS) is 12.1. The van der Waals surface area contributed by atoms with E-state index in [-0.39, 0.29) is 11.9 Å². The lowest BCUT2D eigenvalue weighted by molar-refractivity contribution is -0.116. The molecule has 2 aromatic rings. The summed E-state index contributed by atoms with van der Waals surface area (Å²) in [6, 6.07) is 9.26. The SMILES string of the molecule is Cc1coc(NC(=O)C(Cl)c2ccccc2)n1. The fourth-order valence-electron chi connectivity index (χ4n) is 1.35. The van der Waals surface area contributed by atoms with Crippen LogP contribution in [0.15, 0.2) is 41.0 Å². The lowest BCUT2D eigenvalue weighted by Crippen LogP contribution is -2.17. The van der Waals surface area contributed by atoms with Crippen molar-refractivity contribution in [2.75, 3.05) is 5.32 Å². The second-order valence-corrected chi connectivity index (χ2v) is 3.99. The minimum atomic E-state index is -0.761. The molecule has 5 heteroatoms. The molecule has 0 bridgehead atoms. The average molecular weight is 251 g/mol. The van der Waals surface area contributed by atoms with Gasteiger partial charge in [-0.05, 0) is 12.5 Å². The Hall–Kier alpha value is -1.81. The number of aryl methyl sites for hydroxylation is 1. The van der Waals surface area contributed by atoms with Crippen LogP contribution in [0.1, 0.15) is 16.6 Å². The maximum atomic E-state index is 11.8. The Bertz CT molecular complexity index is 510. The highest BCUT2D eigenvalue weighted by Crippen LogP contribution is 2.21. The van der Waals surface area contributed by atoms with E-state index in [1.165, 1.54) is 6.26 Å². The number of oxazole rings is 1. The van der Waals surface area contributed by atoms with Crippen molar-refractivity contribution in [1.29, 1.82) is 0 Å². The number of rotatable bonds is 3. The molecule has 0 fully saturated rings. The van der Waals surface area contributed by atoms with E-state index in [0.717, 1.165) is 5.56 Å². The summed E-state index contributed by atoms with van der Waals surface area (Å²) in [5.74, 6) is -0.361. The standard InChI is InChI=1S/C12H11ClN2O2/c1-8-7-17-12(14-8)15-11(16)10(13)9-5-3-2-4-6-9/h2-7,10H,1H3,(H,14,15,16). The molecule has 1 unspecified atom stereocenters. The van der Waals surface area contributed by atoms with Crippen LogP contribution in [0.3, 0.4) is 0 Å². The van der Waals surface area contributed by atoms with Gasteiger partial charge in [0.25, 0.3) is 5.91 Å². The maximum Gasteiger partial charge on any atom is 0.301 e. The van der Waals surface area contributed by atoms with Crippen molar-refractivity contribution in [2.45, 2.75) is 12.3 Å². The summed E-state index contributed by atoms with van der Waals surface area (Å²) in [5, 5.41) is 1.75. The Labute approximate surface area is 104 Å². The van der Waals surface area contributed by atoms with E-state index in [2.05, 4.69) is 10.3 Å². The van der Waals surface area contributed by atoms with E-state index in [1.54, 1.807) is 19.1 Å². The summed E-state index contributed by atoms with van der Waals surface area (Å²) in [5.41, 5.74) is 1.43. The molecule has 1 N–H and O–H groups in total. The van der Waals surface area contributed by atoms with E-state index in [9.17, 15) is 4.79 Å². The van der Waals surface area contributed by atoms with Gasteiger partial charge in [0, 0.05) is 0 Å². The number of amides is 1. The number of carbonyl (C=O) groups excluding carboxylic acids is 1. The largest absolute Gasteiger partial charge is 0.432 e. The first kappa shape index (κ1) is 11.7. The predicted molar refractivity (Wildman–Crippen MR) is 64.9 cm³/mol. The van der Waals surface area contributed by atoms with Crippen molar-refractivity contribution in [2.24, 2.45) is 0 Å². The number of benzene rings is 1. The average Bonchev–Trinajstić information content (AvgIpc) is 2.75. The number of nitrogens with one attached hydrogen (secondary N) is 1. The smallest absolute Gasteiger partial charge is 0.301 e. The molecule has 17 heavy (non-hydrogen) atoms. The molecule has 0 aliphatic rings. The number of aromatic nitrogens is 1. The monoisotopic (exact) mass is 250 g/mol. The second-order valence-electron chi connectivity index (χ2n) is 3.56. The minimum Gasteiger partial charge on any atom is -0.432 e. The fraction of sp³-hybridized carbons (Fsp3) is 0.167. The minimum absolute atomic E-state index is 0.161. The molecule has 0 spiro atoms. The number of anilines is 1. The molecular weight excluding hydrogens is 240 g/mol. The lowest BCUT2D eigenvalue weighted by atomic mass is 10.1. The zero-order valence-electron chi connectivity index (χ0n) is 9.18. The first-order valence-corrected chi connectivity index (χ1v) is 5.52. The van der Waals surface area contributed by atoms with Gasteiger partial charge in [-0.2, -0.15) is 4.98 Å². The van der Waals surface area contributed by atoms with E-state index in [4.69, 9.17) is 16.0 Å². The molecule has 0 aliphatic carbocycles. The molecule has 0 aliphatic heterocycles. The van der Waals surface area contributed by atoms with Crippen LogP contribution < -0.4 is 5.32 Å². The summed E-state index contributed by atoms with van der Waals surface area (Å²) in [6.07, 6.45) is 1.46. The quantitative estimate of drug-likeness (QED) is 0.853. The number of alkyl halides is 1. The maximum absolute atomic E-state index is 11.8. The Morgan fingerprint density at radius 2 is 2.12 bits per heavy atom. The Balaban J connectivity index is 2.06. The number of hydrogen-bond acceptors (Lipinski definition) is 3. The van der Waals surface area contributed by atoms with Gasteiger partial charge < -0.3 is 4.42 Å². The Morgan fingerprint density at radius 3 is 2.71 bits per heavy atom. The molecule has 1 aromatic carbocycles. The van der Waals surface area contributed by atoms with Crippen molar-refractivity contribution >= 4 is 23.5 Å². The van der Waals surface area contributed by atoms with E-state index >= 15 is 0 Å². The molecule has 4 nitrogen and oxygen atoms in total. The van der Waals surface area contributed by atoms with Crippen LogP contribution in [0.2, 0.25) is 0 Å². The number of halogens is 1. The van der Waals surface area contributed by atoms with Crippen LogP contribution in [0, 0.1) is 6.92 Å². The highest BCUT2D eigenvalue weighted by atomic mass is 35.5. The van der Waals surface area contributed by atoms with Crippen LogP contribution in [0.4, 0.5) is 6.01 Å². The molecule has 1 aromatic heterocycles. The lowest BCUT2D eigenvalue weighted by Gasteiger charge is -2.07. The third-order valence-electron chi connectivity index (χ3n) is 2.17. The summed E-state index contributed by atoms with van der Waals surface area (Å²) < 4.78 is 5.02. The van der Waals surface area contributed by atoms with Crippen LogP contribution >= 0.6 is 11.6 Å². The summed E-state index contributed by atoms with van der Waals surface area (Å²) >= 11 is 6.03. The van der Waals surface area contributed by atoms with Gasteiger partial charge in [-0.15, -0.1) is 11.6 Å². The van der Waals surface area contributed by atoms with Crippen LogP contribution in [0.25, 0.3) is 0 Å². The summed E-state index contributed by atoms with van der Waals surface area (Å²) in [4.78, 5) is 15.7. The molecule has 2 rings (SSSR count). The van der Waals surface area contributed by atoms with E-state index < -0.39 is 5.38 Å². The van der Waals surface area contributed by atoms with Crippen LogP contribution in [-0.2, 0) is 4.79 Å². The summed E-state index contributed by atoms with van der Waals surface area (Å²) in [6.45, 7) is 1.77. The zero-order valence-corrected chi connectivity index (χ0v) is 9.94. The van der Waals surface area contributed by atoms with Gasteiger partial charge in [-0.25, -0.2) is 0 Å². The second kappa shape index (κ2) is 5.01.